The van der Waals surface area contributed by atoms with Gasteiger partial charge in [-0.25, -0.2) is 14.2 Å². The Balaban J connectivity index is 2.33. The number of carboxylic acids is 1. The molecule has 0 bridgehead atoms. The van der Waals surface area contributed by atoms with Gasteiger partial charge in [-0.1, -0.05) is 0 Å². The average Bonchev–Trinajstić information content (AvgIpc) is 3.20. The van der Waals surface area contributed by atoms with Gasteiger partial charge in [0.25, 0.3) is 0 Å². The molecular formula is C14H8F2N2O4. The highest BCUT2D eigenvalue weighted by Crippen LogP contribution is 2.39. The highest BCUT2D eigenvalue weighted by atomic mass is 19.2. The SMILES string of the molecule is O=C(O)c1cn(C2CC2)c2c(F)c(F)c3ocnc3c2c1=O. The van der Waals surface area contributed by atoms with Crippen LogP contribution in [0.5, 0.6) is 0 Å². The minimum Gasteiger partial charge on any atom is -0.477 e. The van der Waals surface area contributed by atoms with Crippen LogP contribution in [0.25, 0.3) is 22.0 Å². The van der Waals surface area contributed by atoms with Crippen LogP contribution in [0.15, 0.2) is 21.8 Å². The lowest BCUT2D eigenvalue weighted by atomic mass is 10.1. The van der Waals surface area contributed by atoms with Gasteiger partial charge in [0.2, 0.25) is 11.2 Å². The second kappa shape index (κ2) is 4.12. The van der Waals surface area contributed by atoms with Crippen LogP contribution in [0.1, 0.15) is 29.2 Å². The Labute approximate surface area is 120 Å². The van der Waals surface area contributed by atoms with Crippen LogP contribution < -0.4 is 5.43 Å². The fraction of sp³-hybridized carbons (Fsp3) is 0.214. The van der Waals surface area contributed by atoms with Crippen LogP contribution in [-0.2, 0) is 0 Å². The number of aromatic nitrogens is 2. The molecule has 4 rings (SSSR count). The van der Waals surface area contributed by atoms with E-state index in [4.69, 9.17) is 4.42 Å². The Kier molecular flexibility index (Phi) is 2.42. The van der Waals surface area contributed by atoms with Gasteiger partial charge in [0.05, 0.1) is 10.9 Å². The maximum absolute atomic E-state index is 14.4. The molecule has 0 atom stereocenters. The first kappa shape index (κ1) is 12.9. The molecule has 0 amide bonds. The number of carboxylic acid groups (broad SMARTS) is 1. The lowest BCUT2D eigenvalue weighted by Crippen LogP contribution is -2.20. The summed E-state index contributed by atoms with van der Waals surface area (Å²) in [6.07, 6.45) is 3.37. The maximum atomic E-state index is 14.4. The molecule has 0 unspecified atom stereocenters. The Hall–Kier alpha value is -2.77. The number of hydrogen-bond donors (Lipinski definition) is 1. The summed E-state index contributed by atoms with van der Waals surface area (Å²) in [4.78, 5) is 27.4. The highest BCUT2D eigenvalue weighted by molar-refractivity contribution is 6.05. The van der Waals surface area contributed by atoms with Crippen molar-refractivity contribution in [1.29, 1.82) is 0 Å². The van der Waals surface area contributed by atoms with Gasteiger partial charge in [-0.3, -0.25) is 4.79 Å². The number of hydrogen-bond acceptors (Lipinski definition) is 4. The van der Waals surface area contributed by atoms with Gasteiger partial charge in [0.1, 0.15) is 11.1 Å². The number of carbonyl (C=O) groups is 1. The molecule has 1 N–H and O–H groups in total. The molecule has 0 spiro atoms. The van der Waals surface area contributed by atoms with E-state index in [0.29, 0.717) is 12.8 Å². The summed E-state index contributed by atoms with van der Waals surface area (Å²) in [5, 5.41) is 8.90. The third-order valence-electron chi connectivity index (χ3n) is 3.81. The molecule has 0 aliphatic heterocycles. The number of benzene rings is 1. The van der Waals surface area contributed by atoms with Crippen molar-refractivity contribution in [3.05, 3.63) is 40.0 Å². The first-order valence-corrected chi connectivity index (χ1v) is 6.53. The second-order valence-corrected chi connectivity index (χ2v) is 5.20. The molecule has 3 aromatic rings. The third kappa shape index (κ3) is 1.54. The summed E-state index contributed by atoms with van der Waals surface area (Å²) in [5.41, 5.74) is -2.34. The van der Waals surface area contributed by atoms with E-state index < -0.39 is 34.2 Å². The van der Waals surface area contributed by atoms with E-state index in [2.05, 4.69) is 4.98 Å². The molecule has 8 heteroatoms. The van der Waals surface area contributed by atoms with Crippen molar-refractivity contribution in [3.8, 4) is 0 Å². The largest absolute Gasteiger partial charge is 0.477 e. The molecule has 1 saturated carbocycles. The van der Waals surface area contributed by atoms with Crippen LogP contribution in [0.2, 0.25) is 0 Å². The number of oxazole rings is 1. The molecule has 22 heavy (non-hydrogen) atoms. The number of halogens is 2. The highest BCUT2D eigenvalue weighted by Gasteiger charge is 2.31. The Morgan fingerprint density at radius 1 is 1.36 bits per heavy atom. The summed E-state index contributed by atoms with van der Waals surface area (Å²) in [5.74, 6) is -3.90. The predicted octanol–water partition coefficient (Wildman–Crippen LogP) is 2.45. The van der Waals surface area contributed by atoms with Gasteiger partial charge in [-0.15, -0.1) is 0 Å². The monoisotopic (exact) mass is 306 g/mol. The molecule has 1 aliphatic carbocycles. The number of aromatic carboxylic acids is 1. The van der Waals surface area contributed by atoms with Crippen molar-refractivity contribution in [2.75, 3.05) is 0 Å². The smallest absolute Gasteiger partial charge is 0.341 e. The average molecular weight is 306 g/mol. The topological polar surface area (TPSA) is 85.3 Å². The predicted molar refractivity (Wildman–Crippen MR) is 70.9 cm³/mol. The summed E-state index contributed by atoms with van der Waals surface area (Å²) >= 11 is 0. The van der Waals surface area contributed by atoms with Crippen LogP contribution in [0.4, 0.5) is 8.78 Å². The zero-order valence-corrected chi connectivity index (χ0v) is 11.0. The molecule has 1 aromatic carbocycles. The number of rotatable bonds is 2. The summed E-state index contributed by atoms with van der Waals surface area (Å²) < 4.78 is 34.6. The van der Waals surface area contributed by atoms with Crippen molar-refractivity contribution in [3.63, 3.8) is 0 Å². The molecule has 2 heterocycles. The van der Waals surface area contributed by atoms with Gasteiger partial charge in [-0.05, 0) is 12.8 Å². The summed E-state index contributed by atoms with van der Waals surface area (Å²) in [6, 6.07) is -0.153. The van der Waals surface area contributed by atoms with E-state index >= 15 is 0 Å². The van der Waals surface area contributed by atoms with Crippen LogP contribution in [-0.4, -0.2) is 20.6 Å². The van der Waals surface area contributed by atoms with E-state index in [1.165, 1.54) is 4.57 Å². The van der Waals surface area contributed by atoms with E-state index in [9.17, 15) is 23.5 Å². The van der Waals surface area contributed by atoms with Gasteiger partial charge < -0.3 is 14.1 Å². The molecule has 0 saturated heterocycles. The summed E-state index contributed by atoms with van der Waals surface area (Å²) in [7, 11) is 0. The third-order valence-corrected chi connectivity index (χ3v) is 3.81. The minimum absolute atomic E-state index is 0.153. The van der Waals surface area contributed by atoms with Crippen molar-refractivity contribution in [2.45, 2.75) is 18.9 Å². The van der Waals surface area contributed by atoms with Crippen molar-refractivity contribution >= 4 is 28.0 Å². The second-order valence-electron chi connectivity index (χ2n) is 5.20. The Morgan fingerprint density at radius 3 is 2.73 bits per heavy atom. The van der Waals surface area contributed by atoms with E-state index in [1.807, 2.05) is 0 Å². The van der Waals surface area contributed by atoms with Crippen molar-refractivity contribution in [2.24, 2.45) is 0 Å². The zero-order chi connectivity index (χ0) is 15.6. The first-order valence-electron chi connectivity index (χ1n) is 6.53. The molecule has 6 nitrogen and oxygen atoms in total. The normalized spacial score (nSPS) is 14.8. The van der Waals surface area contributed by atoms with E-state index in [-0.39, 0.29) is 22.5 Å². The minimum atomic E-state index is -1.43. The van der Waals surface area contributed by atoms with Gasteiger partial charge in [-0.2, -0.15) is 4.39 Å². The van der Waals surface area contributed by atoms with E-state index in [1.54, 1.807) is 0 Å². The quantitative estimate of drug-likeness (QED) is 0.786. The van der Waals surface area contributed by atoms with Crippen molar-refractivity contribution in [1.82, 2.24) is 9.55 Å². The lowest BCUT2D eigenvalue weighted by Gasteiger charge is -2.12. The van der Waals surface area contributed by atoms with E-state index in [0.717, 1.165) is 12.6 Å². The Bertz CT molecular complexity index is 1020. The molecule has 1 aliphatic rings. The number of pyridine rings is 1. The zero-order valence-electron chi connectivity index (χ0n) is 11.0. The van der Waals surface area contributed by atoms with Crippen LogP contribution >= 0.6 is 0 Å². The van der Waals surface area contributed by atoms with Gasteiger partial charge >= 0.3 is 5.97 Å². The molecule has 112 valence electrons. The molecule has 0 radical (unpaired) electrons. The first-order chi connectivity index (χ1) is 10.5. The lowest BCUT2D eigenvalue weighted by molar-refractivity contribution is 0.0695. The van der Waals surface area contributed by atoms with Crippen LogP contribution in [0.3, 0.4) is 0 Å². The van der Waals surface area contributed by atoms with Crippen molar-refractivity contribution < 1.29 is 23.1 Å². The molecule has 1 fully saturated rings. The van der Waals surface area contributed by atoms with Crippen LogP contribution in [0, 0.1) is 11.6 Å². The summed E-state index contributed by atoms with van der Waals surface area (Å²) in [6.45, 7) is 0. The number of fused-ring (bicyclic) bond motifs is 3. The fourth-order valence-electron chi connectivity index (χ4n) is 2.65. The molecular weight excluding hydrogens is 298 g/mol. The molecule has 2 aromatic heterocycles. The standard InChI is InChI=1S/C14H8F2N2O4/c15-8-9(16)13-10(17-4-22-13)7-11(8)18(5-1-2-5)3-6(12(7)19)14(20)21/h3-5H,1-2H2,(H,20,21). The van der Waals surface area contributed by atoms with Gasteiger partial charge in [0, 0.05) is 12.2 Å². The maximum Gasteiger partial charge on any atom is 0.341 e. The number of nitrogens with zero attached hydrogens (tertiary/aromatic N) is 2. The fourth-order valence-corrected chi connectivity index (χ4v) is 2.65. The Morgan fingerprint density at radius 2 is 2.09 bits per heavy atom. The van der Waals surface area contributed by atoms with Gasteiger partial charge in [0.15, 0.2) is 17.8 Å².